The quantitative estimate of drug-likeness (QED) is 0.270. The highest BCUT2D eigenvalue weighted by atomic mass is 16.7. The topological polar surface area (TPSA) is 165 Å². The molecule has 23 heavy (non-hydrogen) atoms. The summed E-state index contributed by atoms with van der Waals surface area (Å²) in [6.45, 7) is -0.867. The molecule has 0 radical (unpaired) electrons. The summed E-state index contributed by atoms with van der Waals surface area (Å²) in [5.41, 5.74) is 0. The van der Waals surface area contributed by atoms with E-state index in [9.17, 15) is 30.0 Å². The van der Waals surface area contributed by atoms with Crippen LogP contribution in [0.25, 0.3) is 0 Å². The normalized spacial score (nSPS) is 33.5. The Hall–Kier alpha value is -1.54. The summed E-state index contributed by atoms with van der Waals surface area (Å²) < 4.78 is 4.95. The number of aliphatic carboxylic acids is 1. The fraction of sp³-hybridized carbons (Fsp3) is 0.714. The van der Waals surface area contributed by atoms with E-state index >= 15 is 0 Å². The smallest absolute Gasteiger partial charge is 0.364 e. The number of terminal acetylenes is 1. The van der Waals surface area contributed by atoms with E-state index in [-0.39, 0.29) is 12.8 Å². The van der Waals surface area contributed by atoms with Crippen LogP contribution in [0.4, 0.5) is 0 Å². The standard InChI is InChI=1S/C14H20O9/c1-2-3-7(16)4-8-9(17)5-14(22,13(20)21)23-12(8)11(19)10(18)6-15/h1,8-12,15,17-19,22H,3-6H2,(H,20,21)/t8?,9?,10-,11-,12?,14?/m1/s1. The third kappa shape index (κ3) is 4.48. The van der Waals surface area contributed by atoms with Crippen LogP contribution in [0.5, 0.6) is 0 Å². The van der Waals surface area contributed by atoms with Gasteiger partial charge in [-0.25, -0.2) is 4.79 Å². The van der Waals surface area contributed by atoms with Gasteiger partial charge in [-0.1, -0.05) is 5.92 Å². The second kappa shape index (κ2) is 7.83. The molecule has 0 saturated carbocycles. The number of carbonyl (C=O) groups is 2. The molecular weight excluding hydrogens is 312 g/mol. The van der Waals surface area contributed by atoms with Gasteiger partial charge < -0.3 is 35.4 Å². The lowest BCUT2D eigenvalue weighted by Crippen LogP contribution is -2.61. The molecule has 6 atom stereocenters. The Balaban J connectivity index is 3.07. The SMILES string of the molecule is C#CCC(=O)CC1C(O)CC(O)(C(=O)O)OC1[C@H](O)[C@H](O)CO. The number of Topliss-reactive ketones (excluding diaryl/α,β-unsaturated/α-hetero) is 1. The van der Waals surface area contributed by atoms with Gasteiger partial charge in [0, 0.05) is 18.8 Å². The summed E-state index contributed by atoms with van der Waals surface area (Å²) >= 11 is 0. The van der Waals surface area contributed by atoms with Crippen molar-refractivity contribution in [1.82, 2.24) is 0 Å². The molecule has 0 bridgehead atoms. The fourth-order valence-electron chi connectivity index (χ4n) is 2.50. The number of hydrogen-bond acceptors (Lipinski definition) is 8. The van der Waals surface area contributed by atoms with Gasteiger partial charge in [-0.2, -0.15) is 0 Å². The lowest BCUT2D eigenvalue weighted by Gasteiger charge is -2.44. The van der Waals surface area contributed by atoms with Crippen LogP contribution in [0, 0.1) is 18.3 Å². The van der Waals surface area contributed by atoms with Crippen LogP contribution >= 0.6 is 0 Å². The fourth-order valence-corrected chi connectivity index (χ4v) is 2.50. The molecule has 0 aromatic carbocycles. The minimum atomic E-state index is -2.79. The van der Waals surface area contributed by atoms with Gasteiger partial charge in [0.1, 0.15) is 18.0 Å². The maximum atomic E-state index is 11.7. The van der Waals surface area contributed by atoms with Gasteiger partial charge in [0.05, 0.1) is 25.2 Å². The van der Waals surface area contributed by atoms with Crippen molar-refractivity contribution < 1.29 is 45.0 Å². The third-order valence-corrected chi connectivity index (χ3v) is 3.75. The first-order valence-electron chi connectivity index (χ1n) is 6.90. The molecule has 4 unspecified atom stereocenters. The van der Waals surface area contributed by atoms with E-state index in [1.807, 2.05) is 0 Å². The highest BCUT2D eigenvalue weighted by Crippen LogP contribution is 2.36. The number of rotatable bonds is 7. The number of carboxylic acid groups (broad SMARTS) is 1. The number of aliphatic hydroxyl groups is 5. The van der Waals surface area contributed by atoms with Crippen LogP contribution in [0.3, 0.4) is 0 Å². The molecule has 1 heterocycles. The summed E-state index contributed by atoms with van der Waals surface area (Å²) in [7, 11) is 0. The van der Waals surface area contributed by atoms with E-state index in [1.54, 1.807) is 0 Å². The molecule has 1 fully saturated rings. The number of hydrogen-bond donors (Lipinski definition) is 6. The Morgan fingerprint density at radius 2 is 2.00 bits per heavy atom. The molecule has 0 aromatic rings. The van der Waals surface area contributed by atoms with Crippen LogP contribution in [0.1, 0.15) is 19.3 Å². The zero-order chi connectivity index (χ0) is 17.8. The van der Waals surface area contributed by atoms with Crippen LogP contribution < -0.4 is 0 Å². The van der Waals surface area contributed by atoms with Gasteiger partial charge in [-0.05, 0) is 0 Å². The van der Waals surface area contributed by atoms with Crippen molar-refractivity contribution in [2.75, 3.05) is 6.61 Å². The van der Waals surface area contributed by atoms with E-state index in [4.69, 9.17) is 21.4 Å². The first-order chi connectivity index (χ1) is 10.7. The molecule has 130 valence electrons. The Labute approximate surface area is 132 Å². The molecule has 0 aromatic heterocycles. The molecule has 1 rings (SSSR count). The number of ether oxygens (including phenoxy) is 1. The summed E-state index contributed by atoms with van der Waals surface area (Å²) in [5.74, 6) is -4.03. The van der Waals surface area contributed by atoms with E-state index < -0.39 is 60.9 Å². The van der Waals surface area contributed by atoms with Gasteiger partial charge in [0.2, 0.25) is 0 Å². The summed E-state index contributed by atoms with van der Waals surface area (Å²) in [5, 5.41) is 57.4. The monoisotopic (exact) mass is 332 g/mol. The highest BCUT2D eigenvalue weighted by Gasteiger charge is 2.53. The van der Waals surface area contributed by atoms with Crippen LogP contribution in [-0.4, -0.2) is 79.2 Å². The summed E-state index contributed by atoms with van der Waals surface area (Å²) in [6.07, 6.45) is -2.94. The van der Waals surface area contributed by atoms with Crippen molar-refractivity contribution >= 4 is 11.8 Å². The van der Waals surface area contributed by atoms with Gasteiger partial charge >= 0.3 is 5.97 Å². The van der Waals surface area contributed by atoms with Crippen molar-refractivity contribution in [2.45, 2.75) is 49.5 Å². The van der Waals surface area contributed by atoms with Gasteiger partial charge in [0.15, 0.2) is 0 Å². The largest absolute Gasteiger partial charge is 0.477 e. The second-order valence-electron chi connectivity index (χ2n) is 5.47. The number of ketones is 1. The van der Waals surface area contributed by atoms with Crippen molar-refractivity contribution in [3.63, 3.8) is 0 Å². The predicted octanol–water partition coefficient (Wildman–Crippen LogP) is -2.78. The number of carbonyl (C=O) groups excluding carboxylic acids is 1. The lowest BCUT2D eigenvalue weighted by molar-refractivity contribution is -0.304. The Bertz CT molecular complexity index is 485. The molecule has 6 N–H and O–H groups in total. The number of carboxylic acids is 1. The van der Waals surface area contributed by atoms with Crippen LogP contribution in [0.2, 0.25) is 0 Å². The zero-order valence-corrected chi connectivity index (χ0v) is 12.2. The molecule has 1 saturated heterocycles. The van der Waals surface area contributed by atoms with E-state index in [2.05, 4.69) is 5.92 Å². The summed E-state index contributed by atoms with van der Waals surface area (Å²) in [6, 6.07) is 0. The van der Waals surface area contributed by atoms with Crippen molar-refractivity contribution in [3.8, 4) is 12.3 Å². The maximum Gasteiger partial charge on any atom is 0.364 e. The third-order valence-electron chi connectivity index (χ3n) is 3.75. The average Bonchev–Trinajstić information content (AvgIpc) is 2.48. The molecule has 1 aliphatic heterocycles. The molecular formula is C14H20O9. The van der Waals surface area contributed by atoms with Crippen LogP contribution in [-0.2, 0) is 14.3 Å². The Morgan fingerprint density at radius 3 is 2.48 bits per heavy atom. The second-order valence-corrected chi connectivity index (χ2v) is 5.47. The Morgan fingerprint density at radius 1 is 1.39 bits per heavy atom. The molecule has 0 spiro atoms. The first kappa shape index (κ1) is 19.5. The summed E-state index contributed by atoms with van der Waals surface area (Å²) in [4.78, 5) is 22.8. The van der Waals surface area contributed by atoms with E-state index in [0.29, 0.717) is 0 Å². The van der Waals surface area contributed by atoms with Gasteiger partial charge in [-0.15, -0.1) is 6.42 Å². The molecule has 9 heteroatoms. The Kier molecular flexibility index (Phi) is 6.64. The minimum Gasteiger partial charge on any atom is -0.477 e. The van der Waals surface area contributed by atoms with Crippen molar-refractivity contribution in [2.24, 2.45) is 5.92 Å². The van der Waals surface area contributed by atoms with E-state index in [1.165, 1.54) is 0 Å². The molecule has 0 aliphatic carbocycles. The van der Waals surface area contributed by atoms with Crippen molar-refractivity contribution in [3.05, 3.63) is 0 Å². The zero-order valence-electron chi connectivity index (χ0n) is 12.2. The first-order valence-corrected chi connectivity index (χ1v) is 6.90. The number of aliphatic hydroxyl groups excluding tert-OH is 4. The molecule has 9 nitrogen and oxygen atoms in total. The average molecular weight is 332 g/mol. The van der Waals surface area contributed by atoms with Crippen molar-refractivity contribution in [1.29, 1.82) is 0 Å². The van der Waals surface area contributed by atoms with Crippen LogP contribution in [0.15, 0.2) is 0 Å². The molecule has 0 amide bonds. The molecule has 1 aliphatic rings. The highest BCUT2D eigenvalue weighted by molar-refractivity contribution is 5.81. The lowest BCUT2D eigenvalue weighted by atomic mass is 9.80. The minimum absolute atomic E-state index is 0.238. The van der Waals surface area contributed by atoms with Gasteiger partial charge in [0.25, 0.3) is 5.79 Å². The maximum absolute atomic E-state index is 11.7. The van der Waals surface area contributed by atoms with E-state index in [0.717, 1.165) is 0 Å². The van der Waals surface area contributed by atoms with Gasteiger partial charge in [-0.3, -0.25) is 4.79 Å². The predicted molar refractivity (Wildman–Crippen MR) is 73.7 cm³/mol.